The zero-order valence-corrected chi connectivity index (χ0v) is 22.5. The van der Waals surface area contributed by atoms with Gasteiger partial charge in [-0.05, 0) is 16.6 Å². The zero-order valence-electron chi connectivity index (χ0n) is 21.5. The van der Waals surface area contributed by atoms with Crippen LogP contribution in [-0.2, 0) is 28.2 Å². The molecule has 0 N–H and O–H groups in total. The first-order chi connectivity index (χ1) is 15.5. The van der Waals surface area contributed by atoms with Crippen LogP contribution in [0.4, 0.5) is 0 Å². The van der Waals surface area contributed by atoms with E-state index in [9.17, 15) is 9.59 Å². The predicted molar refractivity (Wildman–Crippen MR) is 129 cm³/mol. The smallest absolute Gasteiger partial charge is 0.339 e. The van der Waals surface area contributed by atoms with Crippen LogP contribution in [0, 0.1) is 11.8 Å². The minimum atomic E-state index is -2.32. The molecule has 0 radical (unpaired) electrons. The van der Waals surface area contributed by atoms with E-state index in [4.69, 9.17) is 18.6 Å². The van der Waals surface area contributed by atoms with Gasteiger partial charge in [0, 0.05) is 31.8 Å². The van der Waals surface area contributed by atoms with E-state index in [1.54, 1.807) is 11.0 Å². The van der Waals surface area contributed by atoms with Crippen LogP contribution in [-0.4, -0.2) is 69.4 Å². The largest absolute Gasteiger partial charge is 0.459 e. The minimum Gasteiger partial charge on any atom is -0.459 e. The minimum absolute atomic E-state index is 0.0585. The van der Waals surface area contributed by atoms with E-state index in [0.29, 0.717) is 55.8 Å². The second kappa shape index (κ2) is 9.80. The number of rotatable bonds is 9. The molecule has 0 unspecified atom stereocenters. The first-order valence-corrected chi connectivity index (χ1v) is 14.7. The Labute approximate surface area is 200 Å². The normalized spacial score (nSPS) is 32.1. The summed E-state index contributed by atoms with van der Waals surface area (Å²) in [5, 5.41) is 0. The monoisotopic (exact) mass is 481 g/mol. The van der Waals surface area contributed by atoms with Gasteiger partial charge in [-0.3, -0.25) is 4.79 Å². The Hall–Kier alpha value is -1.22. The molecule has 2 bridgehead atoms. The van der Waals surface area contributed by atoms with E-state index in [0.717, 1.165) is 0 Å². The lowest BCUT2D eigenvalue weighted by molar-refractivity contribution is -0.199. The summed E-state index contributed by atoms with van der Waals surface area (Å²) >= 11 is 0. The third kappa shape index (κ3) is 4.32. The van der Waals surface area contributed by atoms with Gasteiger partial charge in [0.15, 0.2) is 11.4 Å². The van der Waals surface area contributed by atoms with Crippen molar-refractivity contribution in [3.63, 3.8) is 0 Å². The van der Waals surface area contributed by atoms with E-state index >= 15 is 0 Å². The molecule has 0 spiro atoms. The Morgan fingerprint density at radius 1 is 1.09 bits per heavy atom. The van der Waals surface area contributed by atoms with Crippen molar-refractivity contribution in [1.29, 1.82) is 0 Å². The van der Waals surface area contributed by atoms with Crippen molar-refractivity contribution >= 4 is 20.2 Å². The molecule has 0 aliphatic carbocycles. The number of esters is 1. The van der Waals surface area contributed by atoms with Gasteiger partial charge < -0.3 is 23.5 Å². The van der Waals surface area contributed by atoms with Crippen molar-refractivity contribution < 1.29 is 28.2 Å². The highest BCUT2D eigenvalue weighted by molar-refractivity contribution is 6.77. The van der Waals surface area contributed by atoms with Crippen LogP contribution < -0.4 is 0 Å². The van der Waals surface area contributed by atoms with Crippen molar-refractivity contribution in [2.24, 2.45) is 11.8 Å². The van der Waals surface area contributed by atoms with Crippen molar-refractivity contribution in [1.82, 2.24) is 4.90 Å². The summed E-state index contributed by atoms with van der Waals surface area (Å²) in [6, 6.07) is 0. The van der Waals surface area contributed by atoms with Gasteiger partial charge in [0.1, 0.15) is 6.61 Å². The average Bonchev–Trinajstić information content (AvgIpc) is 3.25. The fourth-order valence-corrected chi connectivity index (χ4v) is 12.3. The molecule has 3 saturated heterocycles. The summed E-state index contributed by atoms with van der Waals surface area (Å²) < 4.78 is 24.8. The molecular weight excluding hydrogens is 438 g/mol. The van der Waals surface area contributed by atoms with Crippen molar-refractivity contribution in [2.75, 3.05) is 32.9 Å². The van der Waals surface area contributed by atoms with Gasteiger partial charge in [-0.15, -0.1) is 0 Å². The first kappa shape index (κ1) is 26.4. The number of ether oxygens (including phenoxy) is 3. The van der Waals surface area contributed by atoms with Crippen LogP contribution in [0.15, 0.2) is 12.7 Å². The van der Waals surface area contributed by atoms with Gasteiger partial charge in [-0.2, -0.15) is 0 Å². The standard InChI is InChI=1S/C25H43NO6Si/c1-9-12-30-23(28)25-20(8)15-24(31-25,32-33(17(2)3,18(4)5)19(6)7)16-21(25)22(27)26-10-13-29-14-11-26/h9,17-21H,1,10-16H2,2-8H3/t20-,21-,24-,25-/m1/s1. The second-order valence-electron chi connectivity index (χ2n) is 10.9. The van der Waals surface area contributed by atoms with Gasteiger partial charge in [-0.25, -0.2) is 4.79 Å². The van der Waals surface area contributed by atoms with Gasteiger partial charge in [-0.1, -0.05) is 61.1 Å². The number of hydrogen-bond acceptors (Lipinski definition) is 6. The fraction of sp³-hybridized carbons (Fsp3) is 0.840. The van der Waals surface area contributed by atoms with E-state index in [-0.39, 0.29) is 18.4 Å². The molecule has 3 heterocycles. The lowest BCUT2D eigenvalue weighted by Crippen LogP contribution is -2.57. The maximum absolute atomic E-state index is 13.7. The number of fused-ring (bicyclic) bond motifs is 2. The van der Waals surface area contributed by atoms with Crippen LogP contribution in [0.1, 0.15) is 61.3 Å². The number of amides is 1. The molecule has 8 heteroatoms. The van der Waals surface area contributed by atoms with Crippen LogP contribution in [0.25, 0.3) is 0 Å². The quantitative estimate of drug-likeness (QED) is 0.278. The molecule has 33 heavy (non-hydrogen) atoms. The summed E-state index contributed by atoms with van der Waals surface area (Å²) in [7, 11) is -2.32. The molecule has 4 atom stereocenters. The van der Waals surface area contributed by atoms with E-state index in [2.05, 4.69) is 48.1 Å². The average molecular weight is 482 g/mol. The molecule has 188 valence electrons. The molecular formula is C25H43NO6Si. The highest BCUT2D eigenvalue weighted by Gasteiger charge is 2.74. The number of carbonyl (C=O) groups excluding carboxylic acids is 2. The lowest BCUT2D eigenvalue weighted by Gasteiger charge is -2.47. The highest BCUT2D eigenvalue weighted by atomic mass is 28.4. The Balaban J connectivity index is 2.02. The molecule has 3 aliphatic heterocycles. The lowest BCUT2D eigenvalue weighted by atomic mass is 9.70. The highest BCUT2D eigenvalue weighted by Crippen LogP contribution is 2.61. The summed E-state index contributed by atoms with van der Waals surface area (Å²) in [5.41, 5.74) is -0.240. The maximum atomic E-state index is 13.7. The Kier molecular flexibility index (Phi) is 7.83. The topological polar surface area (TPSA) is 74.3 Å². The van der Waals surface area contributed by atoms with E-state index < -0.39 is 31.6 Å². The van der Waals surface area contributed by atoms with Crippen molar-refractivity contribution in [3.8, 4) is 0 Å². The SMILES string of the molecule is C=CCOC(=O)[C@@]12O[C@@](O[Si](C(C)C)(C(C)C)C(C)C)(C[C@H]1C)C[C@@H]2C(=O)N1CCOCC1. The van der Waals surface area contributed by atoms with Crippen LogP contribution in [0.3, 0.4) is 0 Å². The first-order valence-electron chi connectivity index (χ1n) is 12.5. The molecule has 0 aromatic heterocycles. The predicted octanol–water partition coefficient (Wildman–Crippen LogP) is 4.28. The van der Waals surface area contributed by atoms with E-state index in [1.165, 1.54) is 0 Å². The third-order valence-corrected chi connectivity index (χ3v) is 14.2. The van der Waals surface area contributed by atoms with Crippen LogP contribution in [0.5, 0.6) is 0 Å². The van der Waals surface area contributed by atoms with Crippen molar-refractivity contribution in [2.45, 2.75) is 89.3 Å². The van der Waals surface area contributed by atoms with E-state index in [1.807, 2.05) is 6.92 Å². The molecule has 3 rings (SSSR count). The second-order valence-corrected chi connectivity index (χ2v) is 16.3. The number of carbonyl (C=O) groups is 2. The number of nitrogens with zero attached hydrogens (tertiary/aromatic N) is 1. The molecule has 0 saturated carbocycles. The maximum Gasteiger partial charge on any atom is 0.339 e. The molecule has 3 fully saturated rings. The van der Waals surface area contributed by atoms with Gasteiger partial charge in [0.05, 0.1) is 19.1 Å². The number of hydrogen-bond donors (Lipinski definition) is 0. The molecule has 0 aromatic carbocycles. The summed E-state index contributed by atoms with van der Waals surface area (Å²) in [4.78, 5) is 29.0. The molecule has 7 nitrogen and oxygen atoms in total. The van der Waals surface area contributed by atoms with Crippen LogP contribution >= 0.6 is 0 Å². The van der Waals surface area contributed by atoms with Crippen molar-refractivity contribution in [3.05, 3.63) is 12.7 Å². The molecule has 0 aromatic rings. The van der Waals surface area contributed by atoms with Gasteiger partial charge in [0.2, 0.25) is 14.2 Å². The Morgan fingerprint density at radius 3 is 2.18 bits per heavy atom. The Bertz CT molecular complexity index is 727. The summed E-state index contributed by atoms with van der Waals surface area (Å²) in [6.07, 6.45) is 2.52. The Morgan fingerprint density at radius 2 is 1.67 bits per heavy atom. The molecule has 3 aliphatic rings. The number of morpholine rings is 1. The fourth-order valence-electron chi connectivity index (χ4n) is 6.76. The summed E-state index contributed by atoms with van der Waals surface area (Å²) in [6.45, 7) is 21.2. The van der Waals surface area contributed by atoms with Gasteiger partial charge in [0.25, 0.3) is 0 Å². The molecule has 1 amide bonds. The third-order valence-electron chi connectivity index (χ3n) is 8.08. The zero-order chi connectivity index (χ0) is 24.6. The summed E-state index contributed by atoms with van der Waals surface area (Å²) in [5.74, 6) is -2.30. The van der Waals surface area contributed by atoms with Gasteiger partial charge >= 0.3 is 5.97 Å². The van der Waals surface area contributed by atoms with Crippen LogP contribution in [0.2, 0.25) is 16.6 Å².